The van der Waals surface area contributed by atoms with Gasteiger partial charge in [-0.2, -0.15) is 0 Å². The topological polar surface area (TPSA) is 92.8 Å². The van der Waals surface area contributed by atoms with Crippen LogP contribution in [0, 0.1) is 0 Å². The van der Waals surface area contributed by atoms with Crippen LogP contribution < -0.4 is 5.32 Å². The van der Waals surface area contributed by atoms with Crippen molar-refractivity contribution in [1.29, 1.82) is 0 Å². The van der Waals surface area contributed by atoms with Crippen LogP contribution in [0.1, 0.15) is 20.7 Å². The van der Waals surface area contributed by atoms with Crippen LogP contribution in [-0.2, 0) is 14.8 Å². The number of carbonyl (C=O) groups excluding carboxylic acids is 2. The maximum atomic E-state index is 12.4. The number of sulfonamides is 1. The van der Waals surface area contributed by atoms with E-state index in [0.29, 0.717) is 11.3 Å². The lowest BCUT2D eigenvalue weighted by Crippen LogP contribution is -2.22. The van der Waals surface area contributed by atoms with Crippen molar-refractivity contribution in [3.05, 3.63) is 59.7 Å². The van der Waals surface area contributed by atoms with Crippen molar-refractivity contribution in [3.8, 4) is 0 Å². The van der Waals surface area contributed by atoms with Gasteiger partial charge in [-0.3, -0.25) is 4.79 Å². The Kier molecular flexibility index (Phi) is 5.55. The van der Waals surface area contributed by atoms with E-state index in [-0.39, 0.29) is 10.5 Å². The third kappa shape index (κ3) is 4.23. The van der Waals surface area contributed by atoms with E-state index < -0.39 is 21.9 Å². The van der Waals surface area contributed by atoms with E-state index in [1.54, 1.807) is 18.2 Å². The lowest BCUT2D eigenvalue weighted by Gasteiger charge is -2.12. The number of esters is 1. The lowest BCUT2D eigenvalue weighted by molar-refractivity contribution is 0.0600. The first-order valence-electron chi connectivity index (χ1n) is 7.28. The summed E-state index contributed by atoms with van der Waals surface area (Å²) in [6.45, 7) is 0. The van der Waals surface area contributed by atoms with Crippen LogP contribution in [0.25, 0.3) is 0 Å². The highest BCUT2D eigenvalue weighted by Crippen LogP contribution is 2.17. The molecule has 0 spiro atoms. The Morgan fingerprint density at radius 1 is 1.00 bits per heavy atom. The zero-order valence-electron chi connectivity index (χ0n) is 14.0. The number of anilines is 1. The standard InChI is InChI=1S/C17H18N2O5S/c1-19(2)25(22,23)15-9-5-6-12(11-15)16(20)18-14-8-4-7-13(10-14)17(21)24-3/h4-11H,1-3H3,(H,18,20). The average Bonchev–Trinajstić information content (AvgIpc) is 2.61. The summed E-state index contributed by atoms with van der Waals surface area (Å²) in [5, 5.41) is 2.63. The quantitative estimate of drug-likeness (QED) is 0.821. The molecule has 1 N–H and O–H groups in total. The zero-order chi connectivity index (χ0) is 18.6. The Hall–Kier alpha value is -2.71. The smallest absolute Gasteiger partial charge is 0.337 e. The van der Waals surface area contributed by atoms with E-state index in [4.69, 9.17) is 0 Å². The number of ether oxygens (including phenoxy) is 1. The molecule has 0 radical (unpaired) electrons. The zero-order valence-corrected chi connectivity index (χ0v) is 14.8. The summed E-state index contributed by atoms with van der Waals surface area (Å²) in [6, 6.07) is 12.0. The van der Waals surface area contributed by atoms with Crippen LogP contribution >= 0.6 is 0 Å². The molecule has 0 aliphatic carbocycles. The fraction of sp³-hybridized carbons (Fsp3) is 0.176. The molecule has 0 saturated carbocycles. The molecule has 0 heterocycles. The second-order valence-corrected chi connectivity index (χ2v) is 7.49. The first kappa shape index (κ1) is 18.6. The molecule has 0 fully saturated rings. The SMILES string of the molecule is COC(=O)c1cccc(NC(=O)c2cccc(S(=O)(=O)N(C)C)c2)c1. The monoisotopic (exact) mass is 362 g/mol. The van der Waals surface area contributed by atoms with E-state index in [2.05, 4.69) is 10.1 Å². The van der Waals surface area contributed by atoms with Gasteiger partial charge in [0.25, 0.3) is 5.91 Å². The van der Waals surface area contributed by atoms with Gasteiger partial charge < -0.3 is 10.1 Å². The number of hydrogen-bond donors (Lipinski definition) is 1. The highest BCUT2D eigenvalue weighted by atomic mass is 32.2. The maximum Gasteiger partial charge on any atom is 0.337 e. The van der Waals surface area contributed by atoms with Crippen LogP contribution in [0.4, 0.5) is 5.69 Å². The molecule has 0 aromatic heterocycles. The summed E-state index contributed by atoms with van der Waals surface area (Å²) in [7, 11) is 0.467. The van der Waals surface area contributed by atoms with E-state index in [1.165, 1.54) is 51.5 Å². The van der Waals surface area contributed by atoms with Crippen LogP contribution in [0.15, 0.2) is 53.4 Å². The van der Waals surface area contributed by atoms with Crippen LogP contribution in [-0.4, -0.2) is 45.8 Å². The Bertz CT molecular complexity index is 907. The fourth-order valence-corrected chi connectivity index (χ4v) is 3.00. The van der Waals surface area contributed by atoms with Crippen LogP contribution in [0.2, 0.25) is 0 Å². The van der Waals surface area contributed by atoms with Crippen molar-refractivity contribution >= 4 is 27.6 Å². The number of hydrogen-bond acceptors (Lipinski definition) is 5. The molecule has 2 rings (SSSR count). The van der Waals surface area contributed by atoms with Gasteiger partial charge in [0.05, 0.1) is 17.6 Å². The van der Waals surface area contributed by atoms with Crippen molar-refractivity contribution in [2.24, 2.45) is 0 Å². The third-order valence-electron chi connectivity index (χ3n) is 3.42. The molecular formula is C17H18N2O5S. The minimum absolute atomic E-state index is 0.0217. The Morgan fingerprint density at radius 2 is 1.64 bits per heavy atom. The predicted molar refractivity (Wildman–Crippen MR) is 93.0 cm³/mol. The molecule has 7 nitrogen and oxygen atoms in total. The second kappa shape index (κ2) is 7.45. The number of benzene rings is 2. The number of amides is 1. The van der Waals surface area contributed by atoms with Gasteiger partial charge in [-0.05, 0) is 36.4 Å². The molecule has 1 amide bonds. The lowest BCUT2D eigenvalue weighted by atomic mass is 10.1. The minimum Gasteiger partial charge on any atom is -0.465 e. The van der Waals surface area contributed by atoms with Crippen molar-refractivity contribution < 1.29 is 22.7 Å². The van der Waals surface area contributed by atoms with Crippen molar-refractivity contribution in [3.63, 3.8) is 0 Å². The molecule has 2 aromatic rings. The van der Waals surface area contributed by atoms with Gasteiger partial charge >= 0.3 is 5.97 Å². The summed E-state index contributed by atoms with van der Waals surface area (Å²) < 4.78 is 30.0. The number of carbonyl (C=O) groups is 2. The molecule has 0 saturated heterocycles. The minimum atomic E-state index is -3.63. The summed E-state index contributed by atoms with van der Waals surface area (Å²) >= 11 is 0. The predicted octanol–water partition coefficient (Wildman–Crippen LogP) is 1.98. The molecule has 25 heavy (non-hydrogen) atoms. The summed E-state index contributed by atoms with van der Waals surface area (Å²) in [6.07, 6.45) is 0. The van der Waals surface area contributed by atoms with Gasteiger partial charge in [0.2, 0.25) is 10.0 Å². The highest BCUT2D eigenvalue weighted by molar-refractivity contribution is 7.89. The second-order valence-electron chi connectivity index (χ2n) is 5.34. The van der Waals surface area contributed by atoms with E-state index in [1.807, 2.05) is 0 Å². The van der Waals surface area contributed by atoms with Crippen LogP contribution in [0.5, 0.6) is 0 Å². The molecule has 132 valence electrons. The van der Waals surface area contributed by atoms with Gasteiger partial charge in [-0.25, -0.2) is 17.5 Å². The molecular weight excluding hydrogens is 344 g/mol. The first-order chi connectivity index (χ1) is 11.8. The number of nitrogens with one attached hydrogen (secondary N) is 1. The van der Waals surface area contributed by atoms with Gasteiger partial charge in [0, 0.05) is 25.3 Å². The third-order valence-corrected chi connectivity index (χ3v) is 5.23. The Balaban J connectivity index is 2.27. The molecule has 2 aromatic carbocycles. The van der Waals surface area contributed by atoms with Crippen molar-refractivity contribution in [1.82, 2.24) is 4.31 Å². The largest absolute Gasteiger partial charge is 0.465 e. The van der Waals surface area contributed by atoms with Gasteiger partial charge in [0.1, 0.15) is 0 Å². The van der Waals surface area contributed by atoms with E-state index in [0.717, 1.165) is 4.31 Å². The van der Waals surface area contributed by atoms with Crippen molar-refractivity contribution in [2.75, 3.05) is 26.5 Å². The van der Waals surface area contributed by atoms with Crippen molar-refractivity contribution in [2.45, 2.75) is 4.90 Å². The number of methoxy groups -OCH3 is 1. The highest BCUT2D eigenvalue weighted by Gasteiger charge is 2.19. The average molecular weight is 362 g/mol. The molecule has 0 atom stereocenters. The number of rotatable bonds is 5. The van der Waals surface area contributed by atoms with Crippen LogP contribution in [0.3, 0.4) is 0 Å². The summed E-state index contributed by atoms with van der Waals surface area (Å²) in [5.74, 6) is -1.01. The Morgan fingerprint density at radius 3 is 2.28 bits per heavy atom. The Labute approximate surface area is 146 Å². The van der Waals surface area contributed by atoms with E-state index >= 15 is 0 Å². The maximum absolute atomic E-state index is 12.4. The molecule has 0 unspecified atom stereocenters. The summed E-state index contributed by atoms with van der Waals surface area (Å²) in [5.41, 5.74) is 0.879. The summed E-state index contributed by atoms with van der Waals surface area (Å²) in [4.78, 5) is 23.9. The number of nitrogens with zero attached hydrogens (tertiary/aromatic N) is 1. The molecule has 8 heteroatoms. The van der Waals surface area contributed by atoms with Gasteiger partial charge in [0.15, 0.2) is 0 Å². The fourth-order valence-electron chi connectivity index (χ4n) is 2.05. The van der Waals surface area contributed by atoms with E-state index in [9.17, 15) is 18.0 Å². The molecule has 0 aliphatic heterocycles. The molecule has 0 aliphatic rings. The normalized spacial score (nSPS) is 11.2. The first-order valence-corrected chi connectivity index (χ1v) is 8.72. The van der Waals surface area contributed by atoms with Gasteiger partial charge in [-0.15, -0.1) is 0 Å². The molecule has 0 bridgehead atoms. The van der Waals surface area contributed by atoms with Gasteiger partial charge in [-0.1, -0.05) is 12.1 Å².